The summed E-state index contributed by atoms with van der Waals surface area (Å²) in [5.41, 5.74) is 3.18. The van der Waals surface area contributed by atoms with Gasteiger partial charge in [-0.25, -0.2) is 10.4 Å². The van der Waals surface area contributed by atoms with E-state index in [0.29, 0.717) is 10.6 Å². The van der Waals surface area contributed by atoms with Gasteiger partial charge in [0.25, 0.3) is 17.7 Å². The van der Waals surface area contributed by atoms with Crippen molar-refractivity contribution in [2.45, 2.75) is 26.4 Å². The number of hydrogen-bond acceptors (Lipinski definition) is 7. The van der Waals surface area contributed by atoms with Gasteiger partial charge in [-0.05, 0) is 61.9 Å². The Kier molecular flexibility index (Phi) is 8.23. The fraction of sp³-hybridized carbons (Fsp3) is 0.167. The first-order chi connectivity index (χ1) is 16.6. The number of thiophene rings is 1. The molecule has 3 rings (SSSR count). The number of aromatic hydroxyl groups is 1. The Hall–Kier alpha value is -3.73. The molecule has 0 aliphatic rings. The van der Waals surface area contributed by atoms with Crippen molar-refractivity contribution in [3.05, 3.63) is 86.1 Å². The average Bonchev–Trinajstić information content (AvgIpc) is 3.26. The molecule has 0 radical (unpaired) electrons. The topological polar surface area (TPSA) is 136 Å². The molecule has 9 nitrogen and oxygen atoms in total. The van der Waals surface area contributed by atoms with Gasteiger partial charge in [0.1, 0.15) is 11.8 Å². The highest BCUT2D eigenvalue weighted by Gasteiger charge is 2.30. The zero-order valence-corrected chi connectivity index (χ0v) is 20.3. The van der Waals surface area contributed by atoms with Gasteiger partial charge in [0.05, 0.1) is 15.5 Å². The molecule has 2 aromatic carbocycles. The lowest BCUT2D eigenvalue weighted by atomic mass is 10.1. The molecule has 0 unspecified atom stereocenters. The van der Waals surface area contributed by atoms with Gasteiger partial charge in [-0.1, -0.05) is 23.7 Å². The van der Waals surface area contributed by atoms with Crippen LogP contribution < -0.4 is 10.7 Å². The van der Waals surface area contributed by atoms with Crippen molar-refractivity contribution in [3.8, 4) is 5.75 Å². The zero-order valence-electron chi connectivity index (χ0n) is 18.7. The number of hydrazine groups is 1. The van der Waals surface area contributed by atoms with E-state index >= 15 is 0 Å². The number of aryl methyl sites for hydroxylation is 1. The number of benzene rings is 2. The fourth-order valence-electron chi connectivity index (χ4n) is 3.02. The fourth-order valence-corrected chi connectivity index (χ4v) is 4.08. The van der Waals surface area contributed by atoms with Crippen molar-refractivity contribution in [1.29, 1.82) is 0 Å². The Labute approximate surface area is 209 Å². The lowest BCUT2D eigenvalue weighted by Gasteiger charge is -2.24. The second-order valence-corrected chi connectivity index (χ2v) is 9.29. The Morgan fingerprint density at radius 2 is 1.80 bits per heavy atom. The summed E-state index contributed by atoms with van der Waals surface area (Å²) in [6.45, 7) is 3.24. The van der Waals surface area contributed by atoms with Crippen molar-refractivity contribution in [2.75, 3.05) is 0 Å². The van der Waals surface area contributed by atoms with Crippen LogP contribution in [0.5, 0.6) is 5.75 Å². The molecular weight excluding hydrogens is 494 g/mol. The Bertz CT molecular complexity index is 1290. The highest BCUT2D eigenvalue weighted by molar-refractivity contribution is 7.14. The van der Waals surface area contributed by atoms with E-state index in [0.717, 1.165) is 16.2 Å². The third-order valence-corrected chi connectivity index (χ3v) is 6.18. The quantitative estimate of drug-likeness (QED) is 0.266. The second-order valence-electron chi connectivity index (χ2n) is 7.59. The highest BCUT2D eigenvalue weighted by atomic mass is 35.5. The zero-order chi connectivity index (χ0) is 25.7. The summed E-state index contributed by atoms with van der Waals surface area (Å²) >= 11 is 7.45. The first-order valence-corrected chi connectivity index (χ1v) is 11.6. The first kappa shape index (κ1) is 25.9. The molecule has 1 aromatic heterocycles. The monoisotopic (exact) mass is 515 g/mol. The van der Waals surface area contributed by atoms with Crippen LogP contribution in [0, 0.1) is 6.92 Å². The number of carbonyl (C=O) groups excluding carboxylic acids is 3. The van der Waals surface area contributed by atoms with E-state index in [9.17, 15) is 29.4 Å². The lowest BCUT2D eigenvalue weighted by Crippen LogP contribution is -2.52. The summed E-state index contributed by atoms with van der Waals surface area (Å²) in [4.78, 5) is 51.1. The summed E-state index contributed by atoms with van der Waals surface area (Å²) in [6, 6.07) is 12.4. The molecule has 0 aliphatic heterocycles. The molecule has 0 aliphatic carbocycles. The third kappa shape index (κ3) is 6.44. The number of phenols is 1. The van der Waals surface area contributed by atoms with Crippen LogP contribution in [0.2, 0.25) is 5.02 Å². The third-order valence-electron chi connectivity index (χ3n) is 4.88. The van der Waals surface area contributed by atoms with Crippen LogP contribution in [0.3, 0.4) is 0 Å². The highest BCUT2D eigenvalue weighted by Crippen LogP contribution is 2.23. The number of imide groups is 1. The number of nitrogens with one attached hydrogen (secondary N) is 2. The number of phenolic OH excluding ortho intramolecular Hbond substituents is 1. The van der Waals surface area contributed by atoms with Crippen molar-refractivity contribution in [2.24, 2.45) is 0 Å². The van der Waals surface area contributed by atoms with Crippen LogP contribution >= 0.6 is 22.9 Å². The predicted molar refractivity (Wildman–Crippen MR) is 131 cm³/mol. The van der Waals surface area contributed by atoms with E-state index in [4.69, 9.17) is 11.6 Å². The van der Waals surface area contributed by atoms with Crippen molar-refractivity contribution >= 4 is 46.6 Å². The Balaban J connectivity index is 1.81. The van der Waals surface area contributed by atoms with Gasteiger partial charge in [-0.15, -0.1) is 11.3 Å². The molecule has 3 amide bonds. The van der Waals surface area contributed by atoms with Crippen LogP contribution in [-0.4, -0.2) is 45.0 Å². The summed E-state index contributed by atoms with van der Waals surface area (Å²) in [7, 11) is 0. The second kappa shape index (κ2) is 11.1. The van der Waals surface area contributed by atoms with Crippen LogP contribution in [0.1, 0.15) is 47.8 Å². The van der Waals surface area contributed by atoms with Gasteiger partial charge in [0, 0.05) is 17.0 Å². The van der Waals surface area contributed by atoms with E-state index in [2.05, 4.69) is 10.7 Å². The number of rotatable bonds is 8. The first-order valence-electron chi connectivity index (χ1n) is 10.4. The number of aliphatic carboxylic acids is 1. The number of nitrogens with zero attached hydrogens (tertiary/aromatic N) is 1. The van der Waals surface area contributed by atoms with Crippen LogP contribution in [-0.2, 0) is 11.3 Å². The van der Waals surface area contributed by atoms with E-state index in [1.165, 1.54) is 43.3 Å². The number of carboxylic acid groups (broad SMARTS) is 1. The Morgan fingerprint density at radius 3 is 2.40 bits per heavy atom. The largest absolute Gasteiger partial charge is 0.508 e. The molecule has 0 fully saturated rings. The van der Waals surface area contributed by atoms with E-state index in [1.807, 2.05) is 0 Å². The maximum atomic E-state index is 13.2. The Morgan fingerprint density at radius 1 is 1.06 bits per heavy atom. The predicted octanol–water partition coefficient (Wildman–Crippen LogP) is 3.61. The summed E-state index contributed by atoms with van der Waals surface area (Å²) in [5, 5.41) is 22.0. The molecule has 0 saturated carbocycles. The van der Waals surface area contributed by atoms with E-state index < -0.39 is 29.7 Å². The number of amides is 3. The average molecular weight is 516 g/mol. The summed E-state index contributed by atoms with van der Waals surface area (Å²) in [6.07, 6.45) is 0. The van der Waals surface area contributed by atoms with Crippen molar-refractivity contribution in [1.82, 2.24) is 15.8 Å². The summed E-state index contributed by atoms with van der Waals surface area (Å²) < 4.78 is 0. The normalized spacial score (nSPS) is 11.5. The standard InChI is InChI=1S/C24H22ClN3O6S/c1-13-6-9-20(35-13)23(32)28(27-14(2)24(33)34)22(31)18-8-7-16(11-19(18)25)21(30)26-12-15-4-3-5-17(29)10-15/h3-11,14,27,29H,12H2,1-2H3,(H,26,30)(H,33,34)/t14-/m0/s1. The molecule has 0 spiro atoms. The van der Waals surface area contributed by atoms with Gasteiger partial charge in [-0.3, -0.25) is 19.2 Å². The van der Waals surface area contributed by atoms with Gasteiger partial charge >= 0.3 is 5.97 Å². The number of carboxylic acids is 1. The summed E-state index contributed by atoms with van der Waals surface area (Å²) in [5.74, 6) is -3.25. The molecule has 1 atom stereocenters. The SMILES string of the molecule is Cc1ccc(C(=O)N(N[C@@H](C)C(=O)O)C(=O)c2ccc(C(=O)NCc3cccc(O)c3)cc2Cl)s1. The minimum atomic E-state index is -1.26. The maximum Gasteiger partial charge on any atom is 0.322 e. The molecular formula is C24H22ClN3O6S. The van der Waals surface area contributed by atoms with Crippen LogP contribution in [0.15, 0.2) is 54.6 Å². The molecule has 0 saturated heterocycles. The number of carbonyl (C=O) groups is 4. The molecule has 182 valence electrons. The molecule has 1 heterocycles. The van der Waals surface area contributed by atoms with E-state index in [-0.39, 0.29) is 33.3 Å². The van der Waals surface area contributed by atoms with Crippen molar-refractivity contribution < 1.29 is 29.4 Å². The van der Waals surface area contributed by atoms with Gasteiger partial charge in [0.15, 0.2) is 0 Å². The van der Waals surface area contributed by atoms with Crippen molar-refractivity contribution in [3.63, 3.8) is 0 Å². The van der Waals surface area contributed by atoms with E-state index in [1.54, 1.807) is 25.1 Å². The minimum absolute atomic E-state index is 0.0743. The van der Waals surface area contributed by atoms with Gasteiger partial charge in [-0.2, -0.15) is 0 Å². The van der Waals surface area contributed by atoms with Gasteiger partial charge in [0.2, 0.25) is 0 Å². The molecule has 0 bridgehead atoms. The smallest absolute Gasteiger partial charge is 0.322 e. The molecule has 11 heteroatoms. The number of hydrogen-bond donors (Lipinski definition) is 4. The van der Waals surface area contributed by atoms with Gasteiger partial charge < -0.3 is 15.5 Å². The molecule has 3 aromatic rings. The lowest BCUT2D eigenvalue weighted by molar-refractivity contribution is -0.139. The number of halogens is 1. The molecule has 4 N–H and O–H groups in total. The molecule has 35 heavy (non-hydrogen) atoms. The maximum absolute atomic E-state index is 13.2. The van der Waals surface area contributed by atoms with Crippen LogP contribution in [0.4, 0.5) is 0 Å². The minimum Gasteiger partial charge on any atom is -0.508 e. The van der Waals surface area contributed by atoms with Crippen LogP contribution in [0.25, 0.3) is 0 Å².